The second-order valence-corrected chi connectivity index (χ2v) is 13.2. The molecule has 0 aliphatic rings. The summed E-state index contributed by atoms with van der Waals surface area (Å²) in [6, 6.07) is 71.5. The topological polar surface area (TPSA) is 3.24 Å². The summed E-state index contributed by atoms with van der Waals surface area (Å²) in [5, 5.41) is 4.84. The Bertz CT molecular complexity index is 2480. The fourth-order valence-electron chi connectivity index (χ4n) is 7.11. The standard InChI is InChI=1S/C50H34FN/c51-47-23-29-50(30-24-47)52(48-25-19-37(20-26-48)41-13-17-43-31-39(11-15-45(43)33-41)35-7-3-1-4-8-35)49-27-21-38(22-28-49)42-14-18-44-32-40(12-16-46(44)34-42)36-9-5-2-6-10-36/h1-34H. The molecule has 0 radical (unpaired) electrons. The van der Waals surface area contributed by atoms with E-state index in [1.54, 1.807) is 0 Å². The third kappa shape index (κ3) is 6.23. The maximum atomic E-state index is 14.1. The molecule has 0 saturated carbocycles. The van der Waals surface area contributed by atoms with Crippen molar-refractivity contribution in [2.24, 2.45) is 0 Å². The zero-order valence-corrected chi connectivity index (χ0v) is 28.5. The van der Waals surface area contributed by atoms with Gasteiger partial charge in [-0.25, -0.2) is 4.39 Å². The van der Waals surface area contributed by atoms with Crippen molar-refractivity contribution in [2.45, 2.75) is 0 Å². The van der Waals surface area contributed by atoms with E-state index in [-0.39, 0.29) is 5.82 Å². The van der Waals surface area contributed by atoms with Crippen molar-refractivity contribution in [3.05, 3.63) is 212 Å². The third-order valence-electron chi connectivity index (χ3n) is 9.90. The molecular formula is C50H34FN. The van der Waals surface area contributed by atoms with Gasteiger partial charge in [0.2, 0.25) is 0 Å². The van der Waals surface area contributed by atoms with E-state index >= 15 is 0 Å². The first-order valence-corrected chi connectivity index (χ1v) is 17.6. The minimum atomic E-state index is -0.256. The Hall–Kier alpha value is -6.77. The van der Waals surface area contributed by atoms with Crippen LogP contribution in [-0.4, -0.2) is 0 Å². The van der Waals surface area contributed by atoms with Crippen molar-refractivity contribution in [3.63, 3.8) is 0 Å². The van der Waals surface area contributed by atoms with Crippen LogP contribution in [0.5, 0.6) is 0 Å². The number of anilines is 3. The summed E-state index contributed by atoms with van der Waals surface area (Å²) in [5.74, 6) is -0.256. The van der Waals surface area contributed by atoms with Crippen LogP contribution < -0.4 is 4.90 Å². The smallest absolute Gasteiger partial charge is 0.123 e. The van der Waals surface area contributed by atoms with Crippen LogP contribution in [0.4, 0.5) is 21.5 Å². The van der Waals surface area contributed by atoms with E-state index < -0.39 is 0 Å². The molecule has 0 saturated heterocycles. The summed E-state index contributed by atoms with van der Waals surface area (Å²) in [5.41, 5.74) is 12.4. The molecular weight excluding hydrogens is 634 g/mol. The van der Waals surface area contributed by atoms with Crippen LogP contribution in [0.3, 0.4) is 0 Å². The molecule has 9 aromatic rings. The Labute approximate surface area is 303 Å². The van der Waals surface area contributed by atoms with Gasteiger partial charge in [0.05, 0.1) is 0 Å². The van der Waals surface area contributed by atoms with E-state index in [1.807, 2.05) is 24.3 Å². The van der Waals surface area contributed by atoms with Crippen LogP contribution in [-0.2, 0) is 0 Å². The van der Waals surface area contributed by atoms with Crippen molar-refractivity contribution in [2.75, 3.05) is 4.90 Å². The van der Waals surface area contributed by atoms with Gasteiger partial charge in [-0.1, -0.05) is 133 Å². The number of rotatable bonds is 7. The van der Waals surface area contributed by atoms with Gasteiger partial charge in [0.25, 0.3) is 0 Å². The highest BCUT2D eigenvalue weighted by Crippen LogP contribution is 2.38. The average molecular weight is 668 g/mol. The van der Waals surface area contributed by atoms with Crippen molar-refractivity contribution >= 4 is 38.6 Å². The van der Waals surface area contributed by atoms with E-state index in [0.29, 0.717) is 0 Å². The van der Waals surface area contributed by atoms with Crippen LogP contribution in [0.15, 0.2) is 206 Å². The lowest BCUT2D eigenvalue weighted by molar-refractivity contribution is 0.628. The summed E-state index contributed by atoms with van der Waals surface area (Å²) >= 11 is 0. The quantitative estimate of drug-likeness (QED) is 0.163. The van der Waals surface area contributed by atoms with Crippen LogP contribution >= 0.6 is 0 Å². The van der Waals surface area contributed by atoms with Crippen LogP contribution in [0.25, 0.3) is 66.1 Å². The fraction of sp³-hybridized carbons (Fsp3) is 0. The van der Waals surface area contributed by atoms with Gasteiger partial charge < -0.3 is 4.90 Å². The normalized spacial score (nSPS) is 11.2. The summed E-state index contributed by atoms with van der Waals surface area (Å²) in [7, 11) is 0. The molecule has 9 rings (SSSR count). The number of halogens is 1. The molecule has 0 aromatic heterocycles. The predicted molar refractivity (Wildman–Crippen MR) is 218 cm³/mol. The molecule has 0 aliphatic heterocycles. The highest BCUT2D eigenvalue weighted by molar-refractivity contribution is 5.92. The molecule has 9 aromatic carbocycles. The Morgan fingerprint density at radius 3 is 0.846 bits per heavy atom. The second-order valence-electron chi connectivity index (χ2n) is 13.2. The lowest BCUT2D eigenvalue weighted by atomic mass is 9.97. The first-order valence-electron chi connectivity index (χ1n) is 17.6. The third-order valence-corrected chi connectivity index (χ3v) is 9.90. The van der Waals surface area contributed by atoms with E-state index in [9.17, 15) is 4.39 Å². The minimum Gasteiger partial charge on any atom is -0.311 e. The first kappa shape index (κ1) is 31.2. The molecule has 246 valence electrons. The SMILES string of the molecule is Fc1ccc(N(c2ccc(-c3ccc4cc(-c5ccccc5)ccc4c3)cc2)c2ccc(-c3ccc4cc(-c5ccccc5)ccc4c3)cc2)cc1. The minimum absolute atomic E-state index is 0.256. The molecule has 0 amide bonds. The maximum absolute atomic E-state index is 14.1. The van der Waals surface area contributed by atoms with E-state index in [4.69, 9.17) is 0 Å². The molecule has 52 heavy (non-hydrogen) atoms. The van der Waals surface area contributed by atoms with E-state index in [0.717, 1.165) is 39.3 Å². The highest BCUT2D eigenvalue weighted by atomic mass is 19.1. The molecule has 0 heterocycles. The lowest BCUT2D eigenvalue weighted by Gasteiger charge is -2.26. The summed E-state index contributed by atoms with van der Waals surface area (Å²) in [6.45, 7) is 0. The predicted octanol–water partition coefficient (Wildman–Crippen LogP) is 14.3. The number of nitrogens with zero attached hydrogens (tertiary/aromatic N) is 1. The van der Waals surface area contributed by atoms with Crippen molar-refractivity contribution in [1.29, 1.82) is 0 Å². The fourth-order valence-corrected chi connectivity index (χ4v) is 7.11. The van der Waals surface area contributed by atoms with E-state index in [2.05, 4.69) is 175 Å². The van der Waals surface area contributed by atoms with Gasteiger partial charge in [0.1, 0.15) is 5.82 Å². The van der Waals surface area contributed by atoms with Gasteiger partial charge in [-0.15, -0.1) is 0 Å². The zero-order valence-electron chi connectivity index (χ0n) is 28.5. The maximum Gasteiger partial charge on any atom is 0.123 e. The Morgan fingerprint density at radius 2 is 0.519 bits per heavy atom. The van der Waals surface area contributed by atoms with Gasteiger partial charge in [0, 0.05) is 17.1 Å². The lowest BCUT2D eigenvalue weighted by Crippen LogP contribution is -2.09. The molecule has 0 aliphatic carbocycles. The molecule has 0 spiro atoms. The van der Waals surface area contributed by atoms with Gasteiger partial charge >= 0.3 is 0 Å². The van der Waals surface area contributed by atoms with Gasteiger partial charge in [-0.2, -0.15) is 0 Å². The van der Waals surface area contributed by atoms with Gasteiger partial charge in [0.15, 0.2) is 0 Å². The number of hydrogen-bond acceptors (Lipinski definition) is 1. The Balaban J connectivity index is 1.00. The first-order chi connectivity index (χ1) is 25.6. The highest BCUT2D eigenvalue weighted by Gasteiger charge is 2.14. The summed E-state index contributed by atoms with van der Waals surface area (Å²) < 4.78 is 14.1. The molecule has 0 bridgehead atoms. The van der Waals surface area contributed by atoms with Crippen molar-refractivity contribution in [1.82, 2.24) is 0 Å². The molecule has 0 unspecified atom stereocenters. The van der Waals surface area contributed by atoms with Gasteiger partial charge in [-0.05, 0) is 139 Å². The van der Waals surface area contributed by atoms with Crippen molar-refractivity contribution < 1.29 is 4.39 Å². The molecule has 0 fully saturated rings. The molecule has 1 nitrogen and oxygen atoms in total. The van der Waals surface area contributed by atoms with E-state index in [1.165, 1.54) is 55.9 Å². The van der Waals surface area contributed by atoms with Crippen LogP contribution in [0, 0.1) is 5.82 Å². The van der Waals surface area contributed by atoms with Gasteiger partial charge in [-0.3, -0.25) is 0 Å². The summed E-state index contributed by atoms with van der Waals surface area (Å²) in [6.07, 6.45) is 0. The zero-order chi connectivity index (χ0) is 34.9. The van der Waals surface area contributed by atoms with Crippen LogP contribution in [0.2, 0.25) is 0 Å². The summed E-state index contributed by atoms with van der Waals surface area (Å²) in [4.78, 5) is 2.17. The Morgan fingerprint density at radius 1 is 0.250 bits per heavy atom. The number of hydrogen-bond donors (Lipinski definition) is 0. The number of benzene rings is 9. The number of fused-ring (bicyclic) bond motifs is 2. The molecule has 2 heteroatoms. The monoisotopic (exact) mass is 667 g/mol. The molecule has 0 atom stereocenters. The van der Waals surface area contributed by atoms with Crippen molar-refractivity contribution in [3.8, 4) is 44.5 Å². The second kappa shape index (κ2) is 13.5. The average Bonchev–Trinajstić information content (AvgIpc) is 3.22. The Kier molecular flexibility index (Phi) is 8.11. The van der Waals surface area contributed by atoms with Crippen LogP contribution in [0.1, 0.15) is 0 Å². The largest absolute Gasteiger partial charge is 0.311 e. The molecule has 0 N–H and O–H groups in total.